The minimum atomic E-state index is -0.722. The summed E-state index contributed by atoms with van der Waals surface area (Å²) in [5.74, 6) is -2.46. The molecule has 3 rings (SSSR count). The fraction of sp³-hybridized carbons (Fsp3) is 0.0625. The molecule has 0 spiro atoms. The van der Waals surface area contributed by atoms with Crippen LogP contribution in [0.1, 0.15) is 20.2 Å². The lowest BCUT2D eigenvalue weighted by Crippen LogP contribution is -2.43. The standard InChI is InChI=1S/C16H11FN2O5S/c17-10-3-4-12-9(6-10)7-13(25-12)16(22)24-8-14(20)18-19-15(21)11-2-1-5-23-11/h1-7H,8H2,(H,18,20)(H,19,21). The van der Waals surface area contributed by atoms with Crippen molar-refractivity contribution in [1.82, 2.24) is 10.9 Å². The average Bonchev–Trinajstić information content (AvgIpc) is 3.26. The number of furan rings is 1. The second-order valence-electron chi connectivity index (χ2n) is 4.85. The van der Waals surface area contributed by atoms with Crippen molar-refractivity contribution in [2.45, 2.75) is 0 Å². The van der Waals surface area contributed by atoms with Crippen LogP contribution in [0.15, 0.2) is 47.1 Å². The number of hydrogen-bond acceptors (Lipinski definition) is 6. The third-order valence-electron chi connectivity index (χ3n) is 3.07. The number of amides is 2. The van der Waals surface area contributed by atoms with Gasteiger partial charge in [-0.25, -0.2) is 9.18 Å². The van der Waals surface area contributed by atoms with E-state index in [1.807, 2.05) is 0 Å². The molecule has 0 aliphatic heterocycles. The Labute approximate surface area is 144 Å². The van der Waals surface area contributed by atoms with Crippen molar-refractivity contribution in [3.05, 3.63) is 59.1 Å². The maximum Gasteiger partial charge on any atom is 0.348 e. The summed E-state index contributed by atoms with van der Waals surface area (Å²) in [6.45, 7) is -0.583. The summed E-state index contributed by atoms with van der Waals surface area (Å²) < 4.78 is 23.6. The number of halogens is 1. The van der Waals surface area contributed by atoms with Crippen molar-refractivity contribution in [3.63, 3.8) is 0 Å². The topological polar surface area (TPSA) is 97.6 Å². The minimum absolute atomic E-state index is 0.0230. The number of carbonyl (C=O) groups is 3. The van der Waals surface area contributed by atoms with Gasteiger partial charge in [0.2, 0.25) is 0 Å². The SMILES string of the molecule is O=C(COC(=O)c1cc2cc(F)ccc2s1)NNC(=O)c1ccco1. The molecule has 2 heterocycles. The first-order valence-corrected chi connectivity index (χ1v) is 7.83. The summed E-state index contributed by atoms with van der Waals surface area (Å²) >= 11 is 1.13. The summed E-state index contributed by atoms with van der Waals surface area (Å²) in [6, 6.07) is 8.59. The molecule has 2 amide bonds. The third kappa shape index (κ3) is 4.01. The molecule has 7 nitrogen and oxygen atoms in total. The number of thiophene rings is 1. The van der Waals surface area contributed by atoms with Crippen LogP contribution in [0.3, 0.4) is 0 Å². The molecule has 0 saturated heterocycles. The molecule has 1 aromatic carbocycles. The number of hydrogen-bond donors (Lipinski definition) is 2. The van der Waals surface area contributed by atoms with Gasteiger partial charge in [-0.15, -0.1) is 11.3 Å². The summed E-state index contributed by atoms with van der Waals surface area (Å²) in [6.07, 6.45) is 1.31. The van der Waals surface area contributed by atoms with Crippen LogP contribution in [0.2, 0.25) is 0 Å². The van der Waals surface area contributed by atoms with Crippen molar-refractivity contribution in [2.75, 3.05) is 6.61 Å². The molecule has 0 unspecified atom stereocenters. The van der Waals surface area contributed by atoms with E-state index in [2.05, 4.69) is 10.9 Å². The molecule has 2 N–H and O–H groups in total. The van der Waals surface area contributed by atoms with Gasteiger partial charge in [0.25, 0.3) is 5.91 Å². The van der Waals surface area contributed by atoms with Gasteiger partial charge >= 0.3 is 11.9 Å². The molecule has 128 valence electrons. The molecule has 2 aromatic heterocycles. The van der Waals surface area contributed by atoms with Gasteiger partial charge in [-0.3, -0.25) is 20.4 Å². The first-order chi connectivity index (χ1) is 12.0. The van der Waals surface area contributed by atoms with Crippen molar-refractivity contribution in [1.29, 1.82) is 0 Å². The number of rotatable bonds is 4. The normalized spacial score (nSPS) is 10.4. The number of ether oxygens (including phenoxy) is 1. The van der Waals surface area contributed by atoms with Crippen LogP contribution in [0.4, 0.5) is 4.39 Å². The van der Waals surface area contributed by atoms with Crippen LogP contribution < -0.4 is 10.9 Å². The number of hydrazine groups is 1. The summed E-state index contributed by atoms with van der Waals surface area (Å²) in [7, 11) is 0. The third-order valence-corrected chi connectivity index (χ3v) is 4.17. The molecule has 0 aliphatic rings. The lowest BCUT2D eigenvalue weighted by molar-refractivity contribution is -0.125. The van der Waals surface area contributed by atoms with Gasteiger partial charge < -0.3 is 9.15 Å². The highest BCUT2D eigenvalue weighted by Crippen LogP contribution is 2.26. The van der Waals surface area contributed by atoms with E-state index in [4.69, 9.17) is 9.15 Å². The minimum Gasteiger partial charge on any atom is -0.459 e. The van der Waals surface area contributed by atoms with E-state index in [0.717, 1.165) is 16.0 Å². The Kier molecular flexibility index (Phi) is 4.75. The quantitative estimate of drug-likeness (QED) is 0.548. The smallest absolute Gasteiger partial charge is 0.348 e. The summed E-state index contributed by atoms with van der Waals surface area (Å²) in [4.78, 5) is 35.3. The molecule has 0 bridgehead atoms. The Bertz CT molecular complexity index is 935. The molecule has 3 aromatic rings. The van der Waals surface area contributed by atoms with Gasteiger partial charge in [0.05, 0.1) is 6.26 Å². The Balaban J connectivity index is 1.50. The first kappa shape index (κ1) is 16.7. The van der Waals surface area contributed by atoms with Gasteiger partial charge in [-0.1, -0.05) is 0 Å². The molecular weight excluding hydrogens is 351 g/mol. The Hall–Kier alpha value is -3.20. The van der Waals surface area contributed by atoms with E-state index in [-0.39, 0.29) is 10.6 Å². The van der Waals surface area contributed by atoms with E-state index in [0.29, 0.717) is 5.39 Å². The zero-order chi connectivity index (χ0) is 17.8. The maximum absolute atomic E-state index is 13.1. The largest absolute Gasteiger partial charge is 0.459 e. The molecule has 25 heavy (non-hydrogen) atoms. The Morgan fingerprint density at radius 2 is 2.00 bits per heavy atom. The van der Waals surface area contributed by atoms with Crippen LogP contribution in [-0.2, 0) is 9.53 Å². The number of carbonyl (C=O) groups excluding carboxylic acids is 3. The highest BCUT2D eigenvalue weighted by molar-refractivity contribution is 7.20. The predicted molar refractivity (Wildman–Crippen MR) is 86.4 cm³/mol. The van der Waals surface area contributed by atoms with Crippen molar-refractivity contribution < 1.29 is 27.9 Å². The number of benzene rings is 1. The van der Waals surface area contributed by atoms with Gasteiger partial charge in [0.1, 0.15) is 10.7 Å². The fourth-order valence-corrected chi connectivity index (χ4v) is 2.89. The van der Waals surface area contributed by atoms with Crippen molar-refractivity contribution in [3.8, 4) is 0 Å². The van der Waals surface area contributed by atoms with E-state index in [9.17, 15) is 18.8 Å². The van der Waals surface area contributed by atoms with Crippen molar-refractivity contribution >= 4 is 39.2 Å². The van der Waals surface area contributed by atoms with Crippen LogP contribution in [0.25, 0.3) is 10.1 Å². The zero-order valence-electron chi connectivity index (χ0n) is 12.6. The van der Waals surface area contributed by atoms with E-state index < -0.39 is 30.2 Å². The number of esters is 1. The second kappa shape index (κ2) is 7.14. The van der Waals surface area contributed by atoms with E-state index >= 15 is 0 Å². The van der Waals surface area contributed by atoms with Crippen LogP contribution in [0.5, 0.6) is 0 Å². The Morgan fingerprint density at radius 1 is 1.16 bits per heavy atom. The molecule has 0 saturated carbocycles. The van der Waals surface area contributed by atoms with Crippen LogP contribution in [0, 0.1) is 5.82 Å². The molecule has 0 radical (unpaired) electrons. The van der Waals surface area contributed by atoms with Crippen LogP contribution >= 0.6 is 11.3 Å². The van der Waals surface area contributed by atoms with E-state index in [1.54, 1.807) is 6.07 Å². The van der Waals surface area contributed by atoms with Gasteiger partial charge in [0, 0.05) is 4.70 Å². The van der Waals surface area contributed by atoms with Crippen molar-refractivity contribution in [2.24, 2.45) is 0 Å². The highest BCUT2D eigenvalue weighted by atomic mass is 32.1. The van der Waals surface area contributed by atoms with Gasteiger partial charge in [-0.05, 0) is 41.8 Å². The second-order valence-corrected chi connectivity index (χ2v) is 5.93. The summed E-state index contributed by atoms with van der Waals surface area (Å²) in [5.41, 5.74) is 4.20. The highest BCUT2D eigenvalue weighted by Gasteiger charge is 2.15. The Morgan fingerprint density at radius 3 is 2.76 bits per heavy atom. The average molecular weight is 362 g/mol. The maximum atomic E-state index is 13.1. The fourth-order valence-electron chi connectivity index (χ4n) is 1.95. The number of nitrogens with one attached hydrogen (secondary N) is 2. The lowest BCUT2D eigenvalue weighted by atomic mass is 10.2. The molecular formula is C16H11FN2O5S. The van der Waals surface area contributed by atoms with Gasteiger partial charge in [0.15, 0.2) is 12.4 Å². The monoisotopic (exact) mass is 362 g/mol. The number of fused-ring (bicyclic) bond motifs is 1. The molecule has 0 atom stereocenters. The molecule has 9 heteroatoms. The zero-order valence-corrected chi connectivity index (χ0v) is 13.4. The van der Waals surface area contributed by atoms with E-state index in [1.165, 1.54) is 36.6 Å². The lowest BCUT2D eigenvalue weighted by Gasteiger charge is -2.06. The molecule has 0 fully saturated rings. The summed E-state index contributed by atoms with van der Waals surface area (Å²) in [5, 5.41) is 0.576. The van der Waals surface area contributed by atoms with Crippen LogP contribution in [-0.4, -0.2) is 24.4 Å². The first-order valence-electron chi connectivity index (χ1n) is 7.02. The predicted octanol–water partition coefficient (Wildman–Crippen LogP) is 2.25. The molecule has 0 aliphatic carbocycles. The van der Waals surface area contributed by atoms with Gasteiger partial charge in [-0.2, -0.15) is 0 Å².